The second kappa shape index (κ2) is 16.3. The number of aliphatic hydroxyl groups excluding tert-OH is 1. The van der Waals surface area contributed by atoms with E-state index in [1.807, 2.05) is 27.7 Å². The van der Waals surface area contributed by atoms with Gasteiger partial charge in [0.05, 0.1) is 0 Å². The zero-order chi connectivity index (χ0) is 27.0. The normalized spacial score (nSPS) is 13.8. The number of hydrogen-bond acceptors (Lipinski definition) is 1. The van der Waals surface area contributed by atoms with Crippen molar-refractivity contribution in [3.8, 4) is 0 Å². The third kappa shape index (κ3) is 9.30. The highest BCUT2D eigenvalue weighted by Crippen LogP contribution is 2.47. The van der Waals surface area contributed by atoms with Crippen molar-refractivity contribution >= 4 is 0 Å². The molecule has 0 spiro atoms. The van der Waals surface area contributed by atoms with Gasteiger partial charge in [-0.3, -0.25) is 0 Å². The van der Waals surface area contributed by atoms with E-state index in [0.29, 0.717) is 0 Å². The molecule has 1 heteroatoms. The van der Waals surface area contributed by atoms with Gasteiger partial charge in [0, 0.05) is 7.11 Å². The molecule has 194 valence electrons. The summed E-state index contributed by atoms with van der Waals surface area (Å²) in [5.74, 6) is 0. The fraction of sp³-hybridized carbons (Fsp3) is 0.471. The average Bonchev–Trinajstić information content (AvgIpc) is 2.93. The van der Waals surface area contributed by atoms with E-state index in [9.17, 15) is 0 Å². The van der Waals surface area contributed by atoms with E-state index in [2.05, 4.69) is 126 Å². The maximum absolute atomic E-state index is 7.00. The number of rotatable bonds is 8. The summed E-state index contributed by atoms with van der Waals surface area (Å²) in [6, 6.07) is 33.2. The zero-order valence-electron chi connectivity index (χ0n) is 24.2. The molecule has 3 aromatic rings. The van der Waals surface area contributed by atoms with E-state index in [-0.39, 0.29) is 16.2 Å². The molecule has 0 saturated heterocycles. The van der Waals surface area contributed by atoms with Gasteiger partial charge in [0.15, 0.2) is 0 Å². The standard InChI is InChI=1S/C29H36.2C2H6.CH4O/c1-6-28(4,25-18-12-8-13-19-25)23-29(5,26-20-14-9-15-21-26)22-27(2,3)24-16-10-7-11-17-24;3*1-2/h7-21H,6,22-23H2,1-5H3;2*1-2H3;2H,1H3. The molecule has 0 saturated carbocycles. The molecule has 0 aliphatic carbocycles. The fourth-order valence-corrected chi connectivity index (χ4v) is 5.21. The van der Waals surface area contributed by atoms with Gasteiger partial charge >= 0.3 is 0 Å². The summed E-state index contributed by atoms with van der Waals surface area (Å²) in [6.45, 7) is 20.0. The molecule has 0 fully saturated rings. The van der Waals surface area contributed by atoms with Gasteiger partial charge in [0.2, 0.25) is 0 Å². The van der Waals surface area contributed by atoms with Crippen molar-refractivity contribution in [3.63, 3.8) is 0 Å². The minimum atomic E-state index is 0.0706. The summed E-state index contributed by atoms with van der Waals surface area (Å²) >= 11 is 0. The Hall–Kier alpha value is -2.38. The molecule has 2 unspecified atom stereocenters. The van der Waals surface area contributed by atoms with Crippen molar-refractivity contribution in [2.45, 2.75) is 97.8 Å². The lowest BCUT2D eigenvalue weighted by molar-refractivity contribution is 0.241. The third-order valence-corrected chi connectivity index (χ3v) is 6.89. The van der Waals surface area contributed by atoms with Gasteiger partial charge in [-0.2, -0.15) is 0 Å². The first kappa shape index (κ1) is 32.6. The molecule has 0 radical (unpaired) electrons. The quantitative estimate of drug-likeness (QED) is 0.343. The molecule has 2 atom stereocenters. The summed E-state index contributed by atoms with van der Waals surface area (Å²) in [7, 11) is 1.00. The highest BCUT2D eigenvalue weighted by molar-refractivity contribution is 5.33. The number of benzene rings is 3. The van der Waals surface area contributed by atoms with Gasteiger partial charge in [-0.15, -0.1) is 0 Å². The Kier molecular flexibility index (Phi) is 15.2. The van der Waals surface area contributed by atoms with Crippen LogP contribution >= 0.6 is 0 Å². The average molecular weight is 477 g/mol. The Morgan fingerprint density at radius 1 is 0.486 bits per heavy atom. The van der Waals surface area contributed by atoms with Crippen LogP contribution in [0.4, 0.5) is 0 Å². The molecule has 35 heavy (non-hydrogen) atoms. The fourth-order valence-electron chi connectivity index (χ4n) is 5.21. The van der Waals surface area contributed by atoms with E-state index in [1.165, 1.54) is 16.7 Å². The van der Waals surface area contributed by atoms with Crippen LogP contribution in [0.2, 0.25) is 0 Å². The monoisotopic (exact) mass is 476 g/mol. The summed E-state index contributed by atoms with van der Waals surface area (Å²) in [5, 5.41) is 7.00. The summed E-state index contributed by atoms with van der Waals surface area (Å²) in [4.78, 5) is 0. The first-order valence-electron chi connectivity index (χ1n) is 13.4. The largest absolute Gasteiger partial charge is 0.400 e. The van der Waals surface area contributed by atoms with Gasteiger partial charge in [-0.1, -0.05) is 153 Å². The first-order chi connectivity index (χ1) is 16.8. The topological polar surface area (TPSA) is 20.2 Å². The van der Waals surface area contributed by atoms with E-state index in [0.717, 1.165) is 26.4 Å². The molecule has 3 rings (SSSR count). The Balaban J connectivity index is 0.00000179. The minimum absolute atomic E-state index is 0.0706. The number of hydrogen-bond donors (Lipinski definition) is 1. The lowest BCUT2D eigenvalue weighted by atomic mass is 9.60. The molecule has 3 aromatic carbocycles. The molecule has 0 bridgehead atoms. The molecule has 0 aromatic heterocycles. The second-order valence-electron chi connectivity index (χ2n) is 9.81. The van der Waals surface area contributed by atoms with Crippen LogP contribution in [0.3, 0.4) is 0 Å². The second-order valence-corrected chi connectivity index (χ2v) is 9.81. The van der Waals surface area contributed by atoms with Gasteiger partial charge in [-0.25, -0.2) is 0 Å². The third-order valence-electron chi connectivity index (χ3n) is 6.89. The molecule has 0 aliphatic rings. The maximum Gasteiger partial charge on any atom is 0.0319 e. The van der Waals surface area contributed by atoms with Crippen molar-refractivity contribution in [1.82, 2.24) is 0 Å². The van der Waals surface area contributed by atoms with Crippen molar-refractivity contribution in [1.29, 1.82) is 0 Å². The highest BCUT2D eigenvalue weighted by atomic mass is 16.2. The van der Waals surface area contributed by atoms with E-state index in [4.69, 9.17) is 5.11 Å². The Morgan fingerprint density at radius 3 is 1.14 bits per heavy atom. The van der Waals surface area contributed by atoms with E-state index < -0.39 is 0 Å². The lowest BCUT2D eigenvalue weighted by Crippen LogP contribution is -2.38. The Morgan fingerprint density at radius 2 is 0.800 bits per heavy atom. The predicted octanol–water partition coefficient (Wildman–Crippen LogP) is 9.73. The molecular weight excluding hydrogens is 424 g/mol. The van der Waals surface area contributed by atoms with Gasteiger partial charge in [0.1, 0.15) is 0 Å². The van der Waals surface area contributed by atoms with Crippen LogP contribution in [-0.2, 0) is 16.2 Å². The smallest absolute Gasteiger partial charge is 0.0319 e. The van der Waals surface area contributed by atoms with Crippen LogP contribution in [0.5, 0.6) is 0 Å². The molecule has 1 N–H and O–H groups in total. The molecule has 0 heterocycles. The summed E-state index contributed by atoms with van der Waals surface area (Å²) in [6.07, 6.45) is 3.36. The number of aliphatic hydroxyl groups is 1. The predicted molar refractivity (Wildman–Crippen MR) is 157 cm³/mol. The van der Waals surface area contributed by atoms with Crippen LogP contribution in [-0.4, -0.2) is 12.2 Å². The SMILES string of the molecule is CC.CC.CCC(C)(CC(C)(CC(C)(C)c1ccccc1)c1ccccc1)c1ccccc1.CO. The van der Waals surface area contributed by atoms with Crippen molar-refractivity contribution in [2.75, 3.05) is 7.11 Å². The molecule has 0 amide bonds. The molecule has 0 aliphatic heterocycles. The van der Waals surface area contributed by atoms with Crippen LogP contribution < -0.4 is 0 Å². The van der Waals surface area contributed by atoms with Crippen LogP contribution in [0.25, 0.3) is 0 Å². The van der Waals surface area contributed by atoms with E-state index >= 15 is 0 Å². The highest BCUT2D eigenvalue weighted by Gasteiger charge is 2.40. The Labute approximate surface area is 217 Å². The summed E-state index contributed by atoms with van der Waals surface area (Å²) < 4.78 is 0. The maximum atomic E-state index is 7.00. The first-order valence-corrected chi connectivity index (χ1v) is 13.4. The van der Waals surface area contributed by atoms with Crippen LogP contribution in [0.1, 0.15) is 98.3 Å². The van der Waals surface area contributed by atoms with E-state index in [1.54, 1.807) is 0 Å². The Bertz CT molecular complexity index is 886. The van der Waals surface area contributed by atoms with Gasteiger partial charge < -0.3 is 5.11 Å². The molecule has 1 nitrogen and oxygen atoms in total. The van der Waals surface area contributed by atoms with Crippen LogP contribution in [0.15, 0.2) is 91.0 Å². The van der Waals surface area contributed by atoms with Crippen molar-refractivity contribution in [3.05, 3.63) is 108 Å². The van der Waals surface area contributed by atoms with Crippen molar-refractivity contribution in [2.24, 2.45) is 0 Å². The van der Waals surface area contributed by atoms with Crippen molar-refractivity contribution < 1.29 is 5.11 Å². The van der Waals surface area contributed by atoms with Gasteiger partial charge in [0.25, 0.3) is 0 Å². The minimum Gasteiger partial charge on any atom is -0.400 e. The lowest BCUT2D eigenvalue weighted by Gasteiger charge is -2.44. The summed E-state index contributed by atoms with van der Waals surface area (Å²) in [5.41, 5.74) is 4.61. The van der Waals surface area contributed by atoms with Gasteiger partial charge in [-0.05, 0) is 52.2 Å². The zero-order valence-corrected chi connectivity index (χ0v) is 24.2. The molecular formula is C34H52O. The van der Waals surface area contributed by atoms with Crippen LogP contribution in [0, 0.1) is 0 Å².